The van der Waals surface area contributed by atoms with Gasteiger partial charge in [0.2, 0.25) is 6.79 Å². The average Bonchev–Trinajstić information content (AvgIpc) is 3.44. The molecule has 1 aliphatic heterocycles. The maximum atomic E-state index is 13.3. The number of fused-ring (bicyclic) bond motifs is 2. The van der Waals surface area contributed by atoms with E-state index in [0.717, 1.165) is 47.5 Å². The quantitative estimate of drug-likeness (QED) is 0.681. The second-order valence-corrected chi connectivity index (χ2v) is 7.36. The van der Waals surface area contributed by atoms with Gasteiger partial charge < -0.3 is 14.4 Å². The zero-order valence-electron chi connectivity index (χ0n) is 16.0. The Morgan fingerprint density at radius 3 is 2.76 bits per heavy atom. The van der Waals surface area contributed by atoms with Crippen LogP contribution in [0.3, 0.4) is 0 Å². The van der Waals surface area contributed by atoms with Gasteiger partial charge in [-0.1, -0.05) is 6.07 Å². The summed E-state index contributed by atoms with van der Waals surface area (Å²) in [7, 11) is 1.77. The number of rotatable bonds is 4. The van der Waals surface area contributed by atoms with Crippen molar-refractivity contribution in [2.24, 2.45) is 0 Å². The van der Waals surface area contributed by atoms with Gasteiger partial charge in [0.1, 0.15) is 5.82 Å². The Hall–Kier alpha value is -3.35. The molecule has 3 aromatic rings. The molecule has 2 heterocycles. The van der Waals surface area contributed by atoms with Crippen LogP contribution in [0.4, 0.5) is 4.39 Å². The predicted octanol–water partition coefficient (Wildman–Crippen LogP) is 3.50. The molecule has 0 spiro atoms. The Morgan fingerprint density at radius 2 is 1.93 bits per heavy atom. The molecular formula is C22H20FN3O3. The lowest BCUT2D eigenvalue weighted by molar-refractivity contribution is 0.0777. The molecule has 7 heteroatoms. The van der Waals surface area contributed by atoms with Crippen LogP contribution in [0.1, 0.15) is 33.7 Å². The van der Waals surface area contributed by atoms with E-state index >= 15 is 0 Å². The molecule has 5 rings (SSSR count). The summed E-state index contributed by atoms with van der Waals surface area (Å²) in [6, 6.07) is 11.9. The largest absolute Gasteiger partial charge is 0.454 e. The molecule has 0 atom stereocenters. The van der Waals surface area contributed by atoms with Crippen molar-refractivity contribution in [1.29, 1.82) is 0 Å². The first-order valence-corrected chi connectivity index (χ1v) is 9.61. The average molecular weight is 393 g/mol. The molecule has 6 nitrogen and oxygen atoms in total. The van der Waals surface area contributed by atoms with Gasteiger partial charge in [0, 0.05) is 24.8 Å². The number of nitrogens with zero attached hydrogens (tertiary/aromatic N) is 3. The molecule has 0 bridgehead atoms. The summed E-state index contributed by atoms with van der Waals surface area (Å²) in [5.74, 6) is 1.00. The number of benzene rings is 2. The number of carbonyl (C=O) groups excluding carboxylic acids is 1. The van der Waals surface area contributed by atoms with E-state index < -0.39 is 0 Å². The van der Waals surface area contributed by atoms with Crippen LogP contribution in [0, 0.1) is 5.82 Å². The molecule has 0 saturated heterocycles. The third-order valence-electron chi connectivity index (χ3n) is 5.41. The minimum atomic E-state index is -0.294. The molecule has 148 valence electrons. The summed E-state index contributed by atoms with van der Waals surface area (Å²) in [6.45, 7) is 0.661. The van der Waals surface area contributed by atoms with Crippen molar-refractivity contribution in [3.05, 3.63) is 70.8 Å². The summed E-state index contributed by atoms with van der Waals surface area (Å²) in [5.41, 5.74) is 4.24. The number of hydrogen-bond acceptors (Lipinski definition) is 4. The number of carbonyl (C=O) groups is 1. The van der Waals surface area contributed by atoms with Crippen molar-refractivity contribution in [3.63, 3.8) is 0 Å². The molecule has 0 unspecified atom stereocenters. The van der Waals surface area contributed by atoms with Gasteiger partial charge in [0.25, 0.3) is 5.91 Å². The molecule has 1 amide bonds. The van der Waals surface area contributed by atoms with Crippen molar-refractivity contribution in [2.75, 3.05) is 13.8 Å². The molecule has 2 aliphatic rings. The highest BCUT2D eigenvalue weighted by Gasteiger charge is 2.28. The second kappa shape index (κ2) is 6.92. The Kier molecular flexibility index (Phi) is 4.23. The Morgan fingerprint density at radius 1 is 1.14 bits per heavy atom. The van der Waals surface area contributed by atoms with Crippen molar-refractivity contribution in [1.82, 2.24) is 14.7 Å². The summed E-state index contributed by atoms with van der Waals surface area (Å²) in [5, 5.41) is 4.61. The monoisotopic (exact) mass is 393 g/mol. The Bertz CT molecular complexity index is 1090. The van der Waals surface area contributed by atoms with Gasteiger partial charge in [-0.05, 0) is 61.2 Å². The third-order valence-corrected chi connectivity index (χ3v) is 5.41. The van der Waals surface area contributed by atoms with Crippen LogP contribution in [-0.4, -0.2) is 34.4 Å². The van der Waals surface area contributed by atoms with E-state index in [1.807, 2.05) is 18.2 Å². The maximum absolute atomic E-state index is 13.3. The highest BCUT2D eigenvalue weighted by molar-refractivity contribution is 5.94. The van der Waals surface area contributed by atoms with Gasteiger partial charge in [-0.2, -0.15) is 5.10 Å². The highest BCUT2D eigenvalue weighted by Crippen LogP contribution is 2.33. The van der Waals surface area contributed by atoms with Crippen LogP contribution in [0.5, 0.6) is 11.5 Å². The smallest absolute Gasteiger partial charge is 0.274 e. The number of aromatic nitrogens is 2. The van der Waals surface area contributed by atoms with E-state index in [0.29, 0.717) is 18.0 Å². The topological polar surface area (TPSA) is 56.6 Å². The minimum Gasteiger partial charge on any atom is -0.454 e. The molecule has 2 aromatic carbocycles. The molecule has 0 fully saturated rings. The van der Waals surface area contributed by atoms with Crippen LogP contribution in [0.2, 0.25) is 0 Å². The summed E-state index contributed by atoms with van der Waals surface area (Å²) < 4.78 is 25.8. The predicted molar refractivity (Wildman–Crippen MR) is 104 cm³/mol. The van der Waals surface area contributed by atoms with E-state index in [4.69, 9.17) is 9.47 Å². The first kappa shape index (κ1) is 17.7. The second-order valence-electron chi connectivity index (χ2n) is 7.36. The summed E-state index contributed by atoms with van der Waals surface area (Å²) in [6.07, 6.45) is 2.68. The highest BCUT2D eigenvalue weighted by atomic mass is 19.1. The van der Waals surface area contributed by atoms with E-state index in [2.05, 4.69) is 5.10 Å². The molecule has 1 aliphatic carbocycles. The SMILES string of the molecule is CN(Cc1ccc2c(c1)OCO2)C(=O)c1nn(-c2ccc(F)cc2)c2c1CCC2. The first-order chi connectivity index (χ1) is 14.1. The number of halogens is 1. The lowest BCUT2D eigenvalue weighted by Crippen LogP contribution is -2.27. The van der Waals surface area contributed by atoms with Crippen molar-refractivity contribution < 1.29 is 18.7 Å². The summed E-state index contributed by atoms with van der Waals surface area (Å²) in [4.78, 5) is 14.8. The van der Waals surface area contributed by atoms with Gasteiger partial charge >= 0.3 is 0 Å². The number of amides is 1. The van der Waals surface area contributed by atoms with Crippen LogP contribution >= 0.6 is 0 Å². The van der Waals surface area contributed by atoms with Crippen molar-refractivity contribution >= 4 is 5.91 Å². The zero-order valence-corrected chi connectivity index (χ0v) is 16.0. The van der Waals surface area contributed by atoms with Crippen LogP contribution in [0.25, 0.3) is 5.69 Å². The van der Waals surface area contributed by atoms with E-state index in [1.165, 1.54) is 12.1 Å². The van der Waals surface area contributed by atoms with Crippen LogP contribution in [0.15, 0.2) is 42.5 Å². The Labute approximate surface area is 167 Å². The van der Waals surface area contributed by atoms with Crippen LogP contribution in [-0.2, 0) is 19.4 Å². The van der Waals surface area contributed by atoms with E-state index in [9.17, 15) is 9.18 Å². The number of hydrogen-bond donors (Lipinski definition) is 0. The van der Waals surface area contributed by atoms with Crippen molar-refractivity contribution in [2.45, 2.75) is 25.8 Å². The standard InChI is InChI=1S/C22H20FN3O3/c1-25(12-14-5-10-19-20(11-14)29-13-28-19)22(27)21-17-3-2-4-18(17)26(24-21)16-8-6-15(23)7-9-16/h5-11H,2-4,12-13H2,1H3. The molecule has 1 aromatic heterocycles. The molecule has 0 radical (unpaired) electrons. The Balaban J connectivity index is 1.42. The number of ether oxygens (including phenoxy) is 2. The van der Waals surface area contributed by atoms with E-state index in [-0.39, 0.29) is 18.5 Å². The van der Waals surface area contributed by atoms with Gasteiger partial charge in [-0.3, -0.25) is 4.79 Å². The first-order valence-electron chi connectivity index (χ1n) is 9.61. The normalized spacial score (nSPS) is 14.1. The molecular weight excluding hydrogens is 373 g/mol. The lowest BCUT2D eigenvalue weighted by Gasteiger charge is -2.17. The van der Waals surface area contributed by atoms with Gasteiger partial charge in [-0.25, -0.2) is 9.07 Å². The molecule has 0 saturated carbocycles. The molecule has 0 N–H and O–H groups in total. The fourth-order valence-electron chi connectivity index (χ4n) is 3.97. The van der Waals surface area contributed by atoms with Crippen molar-refractivity contribution in [3.8, 4) is 17.2 Å². The fraction of sp³-hybridized carbons (Fsp3) is 0.273. The third kappa shape index (κ3) is 3.12. The fourth-order valence-corrected chi connectivity index (χ4v) is 3.97. The van der Waals surface area contributed by atoms with E-state index in [1.54, 1.807) is 28.8 Å². The zero-order chi connectivity index (χ0) is 20.0. The minimum absolute atomic E-state index is 0.123. The van der Waals surface area contributed by atoms with Gasteiger partial charge in [0.15, 0.2) is 17.2 Å². The lowest BCUT2D eigenvalue weighted by atomic mass is 10.1. The van der Waals surface area contributed by atoms with Gasteiger partial charge in [-0.15, -0.1) is 0 Å². The maximum Gasteiger partial charge on any atom is 0.274 e. The van der Waals surface area contributed by atoms with Gasteiger partial charge in [0.05, 0.1) is 5.69 Å². The van der Waals surface area contributed by atoms with Crippen LogP contribution < -0.4 is 9.47 Å². The summed E-state index contributed by atoms with van der Waals surface area (Å²) >= 11 is 0. The molecule has 29 heavy (non-hydrogen) atoms.